The van der Waals surface area contributed by atoms with Crippen molar-refractivity contribution in [2.45, 2.75) is 51.7 Å². The molecule has 174 valence electrons. The molecule has 0 bridgehead atoms. The summed E-state index contributed by atoms with van der Waals surface area (Å²) >= 11 is 0. The average Bonchev–Trinajstić information content (AvgIpc) is 2.77. The minimum Gasteiger partial charge on any atom is -0.311 e. The van der Waals surface area contributed by atoms with Gasteiger partial charge in [0.05, 0.1) is 5.69 Å². The maximum atomic E-state index is 14.7. The molecule has 1 aliphatic heterocycles. The third-order valence-electron chi connectivity index (χ3n) is 6.08. The molecule has 2 aromatic carbocycles. The van der Waals surface area contributed by atoms with Crippen molar-refractivity contribution in [3.05, 3.63) is 83.1 Å². The van der Waals surface area contributed by atoms with Crippen LogP contribution >= 0.6 is 0 Å². The van der Waals surface area contributed by atoms with Gasteiger partial charge in [0.1, 0.15) is 23.3 Å². The predicted octanol–water partition coefficient (Wildman–Crippen LogP) is 4.92. The van der Waals surface area contributed by atoms with E-state index in [2.05, 4.69) is 34.0 Å². The summed E-state index contributed by atoms with van der Waals surface area (Å²) in [4.78, 5) is 11.3. The molecule has 1 saturated heterocycles. The van der Waals surface area contributed by atoms with Crippen molar-refractivity contribution in [3.8, 4) is 11.3 Å². The van der Waals surface area contributed by atoms with Gasteiger partial charge in [0.25, 0.3) is 0 Å². The van der Waals surface area contributed by atoms with Gasteiger partial charge in [-0.25, -0.2) is 23.1 Å². The number of piperazine rings is 1. The lowest BCUT2D eigenvalue weighted by Gasteiger charge is -2.37. The molecule has 1 N–H and O–H groups in total. The van der Waals surface area contributed by atoms with Crippen molar-refractivity contribution in [2.24, 2.45) is 0 Å². The van der Waals surface area contributed by atoms with Gasteiger partial charge in [-0.3, -0.25) is 4.90 Å². The SMILES string of the molecule is C[C@H]1CN(Cc2ccc(F)c(-c3ccnc(CCCc4cc(F)cc(F)c4)n3)c2)[C@@H](C)CN1. The molecule has 0 radical (unpaired) electrons. The Bertz CT molecular complexity index is 1080. The van der Waals surface area contributed by atoms with Crippen LogP contribution in [0.15, 0.2) is 48.7 Å². The summed E-state index contributed by atoms with van der Waals surface area (Å²) in [6.45, 7) is 7.00. The van der Waals surface area contributed by atoms with Crippen LogP contribution in [0.1, 0.15) is 37.2 Å². The Hall–Kier alpha value is -2.77. The molecule has 4 rings (SSSR count). The van der Waals surface area contributed by atoms with E-state index in [1.54, 1.807) is 12.3 Å². The van der Waals surface area contributed by atoms with Crippen LogP contribution in [0.2, 0.25) is 0 Å². The van der Waals surface area contributed by atoms with Gasteiger partial charge in [-0.15, -0.1) is 0 Å². The second-order valence-electron chi connectivity index (χ2n) is 8.89. The Labute approximate surface area is 192 Å². The largest absolute Gasteiger partial charge is 0.311 e. The molecule has 0 amide bonds. The molecule has 2 atom stereocenters. The van der Waals surface area contributed by atoms with Gasteiger partial charge in [0.2, 0.25) is 0 Å². The van der Waals surface area contributed by atoms with Crippen LogP contribution < -0.4 is 5.32 Å². The minimum absolute atomic E-state index is 0.319. The predicted molar refractivity (Wildman–Crippen MR) is 123 cm³/mol. The second-order valence-corrected chi connectivity index (χ2v) is 8.89. The zero-order chi connectivity index (χ0) is 23.4. The lowest BCUT2D eigenvalue weighted by Crippen LogP contribution is -2.53. The van der Waals surface area contributed by atoms with E-state index in [0.29, 0.717) is 54.0 Å². The van der Waals surface area contributed by atoms with Crippen molar-refractivity contribution < 1.29 is 13.2 Å². The van der Waals surface area contributed by atoms with Crippen molar-refractivity contribution in [1.82, 2.24) is 20.2 Å². The first-order valence-corrected chi connectivity index (χ1v) is 11.4. The Kier molecular flexibility index (Phi) is 7.40. The number of benzene rings is 2. The highest BCUT2D eigenvalue weighted by atomic mass is 19.1. The molecule has 1 fully saturated rings. The first-order valence-electron chi connectivity index (χ1n) is 11.4. The smallest absolute Gasteiger partial charge is 0.132 e. The van der Waals surface area contributed by atoms with Crippen molar-refractivity contribution in [2.75, 3.05) is 13.1 Å². The highest BCUT2D eigenvalue weighted by molar-refractivity contribution is 5.60. The van der Waals surface area contributed by atoms with Crippen LogP contribution in [0.3, 0.4) is 0 Å². The molecule has 2 heterocycles. The quantitative estimate of drug-likeness (QED) is 0.550. The molecule has 1 aliphatic rings. The molecule has 0 spiro atoms. The Balaban J connectivity index is 1.45. The van der Waals surface area contributed by atoms with Crippen LogP contribution in [-0.4, -0.2) is 40.0 Å². The van der Waals surface area contributed by atoms with Crippen molar-refractivity contribution in [3.63, 3.8) is 0 Å². The number of hydrogen-bond acceptors (Lipinski definition) is 4. The molecule has 0 saturated carbocycles. The van der Waals surface area contributed by atoms with Crippen molar-refractivity contribution in [1.29, 1.82) is 0 Å². The normalized spacial score (nSPS) is 19.1. The summed E-state index contributed by atoms with van der Waals surface area (Å²) in [5.74, 6) is -0.898. The van der Waals surface area contributed by atoms with Crippen LogP contribution in [0, 0.1) is 17.5 Å². The summed E-state index contributed by atoms with van der Waals surface area (Å²) in [7, 11) is 0. The number of rotatable bonds is 7. The van der Waals surface area contributed by atoms with E-state index in [9.17, 15) is 13.2 Å². The maximum absolute atomic E-state index is 14.7. The van der Waals surface area contributed by atoms with Gasteiger partial charge >= 0.3 is 0 Å². The number of nitrogens with one attached hydrogen (secondary N) is 1. The molecular weight excluding hydrogens is 425 g/mol. The number of aromatic nitrogens is 2. The van der Waals surface area contributed by atoms with Gasteiger partial charge in [-0.2, -0.15) is 0 Å². The number of aryl methyl sites for hydroxylation is 2. The highest BCUT2D eigenvalue weighted by Crippen LogP contribution is 2.24. The fourth-order valence-electron chi connectivity index (χ4n) is 4.29. The fraction of sp³-hybridized carbons (Fsp3) is 0.385. The maximum Gasteiger partial charge on any atom is 0.132 e. The fourth-order valence-corrected chi connectivity index (χ4v) is 4.29. The Morgan fingerprint density at radius 3 is 2.55 bits per heavy atom. The summed E-state index contributed by atoms with van der Waals surface area (Å²) in [5.41, 5.74) is 2.64. The summed E-state index contributed by atoms with van der Waals surface area (Å²) in [6, 6.07) is 11.3. The first-order chi connectivity index (χ1) is 15.9. The van der Waals surface area contributed by atoms with Crippen LogP contribution in [0.4, 0.5) is 13.2 Å². The van der Waals surface area contributed by atoms with Crippen LogP contribution in [0.25, 0.3) is 11.3 Å². The molecule has 1 aromatic heterocycles. The lowest BCUT2D eigenvalue weighted by molar-refractivity contribution is 0.139. The van der Waals surface area contributed by atoms with Crippen LogP contribution in [-0.2, 0) is 19.4 Å². The Morgan fingerprint density at radius 2 is 1.76 bits per heavy atom. The number of halogens is 3. The second kappa shape index (κ2) is 10.4. The van der Waals surface area contributed by atoms with E-state index in [1.165, 1.54) is 18.2 Å². The molecular formula is C26H29F3N4. The monoisotopic (exact) mass is 454 g/mol. The Morgan fingerprint density at radius 1 is 0.970 bits per heavy atom. The van der Waals surface area contributed by atoms with Gasteiger partial charge in [-0.05, 0) is 68.1 Å². The standard InChI is InChI=1S/C26H29F3N4/c1-17-15-33(18(2)14-31-17)16-20-6-7-24(29)23(12-20)25-8-9-30-26(32-25)5-3-4-19-10-21(27)13-22(28)11-19/h6-13,17-18,31H,3-5,14-16H2,1-2H3/t17-,18-/m0/s1. The molecule has 7 heteroatoms. The molecule has 3 aromatic rings. The van der Waals surface area contributed by atoms with Gasteiger partial charge in [-0.1, -0.05) is 6.07 Å². The zero-order valence-electron chi connectivity index (χ0n) is 19.0. The van der Waals surface area contributed by atoms with Gasteiger partial charge in [0, 0.05) is 56.0 Å². The number of hydrogen-bond donors (Lipinski definition) is 1. The topological polar surface area (TPSA) is 41.1 Å². The average molecular weight is 455 g/mol. The van der Waals surface area contributed by atoms with E-state index >= 15 is 0 Å². The lowest BCUT2D eigenvalue weighted by atomic mass is 10.0. The zero-order valence-corrected chi connectivity index (χ0v) is 19.0. The summed E-state index contributed by atoms with van der Waals surface area (Å²) < 4.78 is 41.4. The molecule has 0 aliphatic carbocycles. The van der Waals surface area contributed by atoms with E-state index in [1.807, 2.05) is 12.1 Å². The van der Waals surface area contributed by atoms with Gasteiger partial charge in [0.15, 0.2) is 0 Å². The van der Waals surface area contributed by atoms with E-state index in [-0.39, 0.29) is 5.82 Å². The van der Waals surface area contributed by atoms with E-state index in [4.69, 9.17) is 0 Å². The van der Waals surface area contributed by atoms with E-state index in [0.717, 1.165) is 31.3 Å². The summed E-state index contributed by atoms with van der Waals surface area (Å²) in [5, 5.41) is 3.48. The third-order valence-corrected chi connectivity index (χ3v) is 6.08. The third kappa shape index (κ3) is 6.18. The molecule has 0 unspecified atom stereocenters. The van der Waals surface area contributed by atoms with Gasteiger partial charge < -0.3 is 5.32 Å². The summed E-state index contributed by atoms with van der Waals surface area (Å²) in [6.07, 6.45) is 3.30. The van der Waals surface area contributed by atoms with Crippen molar-refractivity contribution >= 4 is 0 Å². The molecule has 4 nitrogen and oxygen atoms in total. The first kappa shape index (κ1) is 23.4. The minimum atomic E-state index is -0.580. The number of nitrogens with zero attached hydrogens (tertiary/aromatic N) is 3. The van der Waals surface area contributed by atoms with Crippen LogP contribution in [0.5, 0.6) is 0 Å². The van der Waals surface area contributed by atoms with E-state index < -0.39 is 11.6 Å². The highest BCUT2D eigenvalue weighted by Gasteiger charge is 2.22. The molecule has 33 heavy (non-hydrogen) atoms.